The fraction of sp³-hybridized carbons (Fsp3) is 0.158. The maximum atomic E-state index is 12.4. The molecule has 0 radical (unpaired) electrons. The first kappa shape index (κ1) is 18.9. The van der Waals surface area contributed by atoms with Gasteiger partial charge >= 0.3 is 5.97 Å². The molecule has 0 amide bonds. The molecule has 136 valence electrons. The summed E-state index contributed by atoms with van der Waals surface area (Å²) >= 11 is 0. The number of benzene rings is 2. The molecule has 0 unspecified atom stereocenters. The first-order valence-electron chi connectivity index (χ1n) is 7.64. The number of hydrogen-bond donors (Lipinski definition) is 3. The summed E-state index contributed by atoms with van der Waals surface area (Å²) in [5.74, 6) is -1.76. The fourth-order valence-corrected chi connectivity index (χ4v) is 2.07. The van der Waals surface area contributed by atoms with E-state index in [0.29, 0.717) is 0 Å². The lowest BCUT2D eigenvalue weighted by molar-refractivity contribution is -0.139. The molecule has 26 heavy (non-hydrogen) atoms. The molecule has 2 aromatic carbocycles. The van der Waals surface area contributed by atoms with Crippen LogP contribution < -0.4 is 4.74 Å². The molecule has 7 heteroatoms. The Hall–Kier alpha value is -3.48. The monoisotopic (exact) mass is 358 g/mol. The van der Waals surface area contributed by atoms with Crippen molar-refractivity contribution in [2.45, 2.75) is 6.92 Å². The maximum Gasteiger partial charge on any atom is 0.333 e. The van der Waals surface area contributed by atoms with Gasteiger partial charge in [0, 0.05) is 17.7 Å². The second-order valence-electron chi connectivity index (χ2n) is 5.47. The van der Waals surface area contributed by atoms with Crippen molar-refractivity contribution in [2.24, 2.45) is 0 Å². The molecule has 3 N–H and O–H groups in total. The first-order valence-corrected chi connectivity index (χ1v) is 7.64. The minimum absolute atomic E-state index is 0.00845. The van der Waals surface area contributed by atoms with Crippen molar-refractivity contribution in [1.29, 1.82) is 0 Å². The van der Waals surface area contributed by atoms with E-state index in [0.717, 1.165) is 6.07 Å². The highest BCUT2D eigenvalue weighted by Gasteiger charge is 2.18. The van der Waals surface area contributed by atoms with Gasteiger partial charge < -0.3 is 24.8 Å². The van der Waals surface area contributed by atoms with Gasteiger partial charge in [-0.25, -0.2) is 4.79 Å². The quantitative estimate of drug-likeness (QED) is 0.302. The number of carbonyl (C=O) groups is 2. The zero-order valence-electron chi connectivity index (χ0n) is 14.1. The Labute approximate surface area is 149 Å². The van der Waals surface area contributed by atoms with Crippen molar-refractivity contribution in [1.82, 2.24) is 0 Å². The van der Waals surface area contributed by atoms with Gasteiger partial charge in [0.05, 0.1) is 11.1 Å². The highest BCUT2D eigenvalue weighted by atomic mass is 16.6. The van der Waals surface area contributed by atoms with Crippen molar-refractivity contribution >= 4 is 11.8 Å². The standard InChI is InChI=1S/C19H18O7/c1-11(2)19(24)26-8-7-25-13-4-6-15(17(22)10-13)18(23)14-5-3-12(20)9-16(14)21/h3-6,9-10,20-22H,1,7-8H2,2H3. The molecule has 2 rings (SSSR count). The van der Waals surface area contributed by atoms with E-state index < -0.39 is 17.5 Å². The van der Waals surface area contributed by atoms with Crippen molar-refractivity contribution in [3.05, 3.63) is 59.7 Å². The number of ether oxygens (including phenoxy) is 2. The first-order chi connectivity index (χ1) is 12.3. The van der Waals surface area contributed by atoms with Crippen LogP contribution in [0.5, 0.6) is 23.0 Å². The van der Waals surface area contributed by atoms with Gasteiger partial charge in [0.25, 0.3) is 0 Å². The Balaban J connectivity index is 2.03. The minimum Gasteiger partial charge on any atom is -0.508 e. The number of phenols is 3. The van der Waals surface area contributed by atoms with Crippen molar-refractivity contribution < 1.29 is 34.4 Å². The molecule has 0 atom stereocenters. The minimum atomic E-state index is -0.609. The summed E-state index contributed by atoms with van der Waals surface area (Å²) in [5.41, 5.74) is 0.188. The van der Waals surface area contributed by atoms with Crippen LogP contribution in [0.2, 0.25) is 0 Å². The number of aromatic hydroxyl groups is 3. The van der Waals surface area contributed by atoms with Crippen LogP contribution in [0, 0.1) is 0 Å². The summed E-state index contributed by atoms with van der Waals surface area (Å²) in [6.07, 6.45) is 0. The van der Waals surface area contributed by atoms with Crippen molar-refractivity contribution in [3.63, 3.8) is 0 Å². The number of carbonyl (C=O) groups excluding carboxylic acids is 2. The summed E-state index contributed by atoms with van der Waals surface area (Å²) in [6.45, 7) is 5.05. The van der Waals surface area contributed by atoms with Crippen molar-refractivity contribution in [3.8, 4) is 23.0 Å². The van der Waals surface area contributed by atoms with Crippen LogP contribution in [0.4, 0.5) is 0 Å². The van der Waals surface area contributed by atoms with Crippen LogP contribution in [0.15, 0.2) is 48.6 Å². The van der Waals surface area contributed by atoms with Crippen LogP contribution >= 0.6 is 0 Å². The topological polar surface area (TPSA) is 113 Å². The SMILES string of the molecule is C=C(C)C(=O)OCCOc1ccc(C(=O)c2ccc(O)cc2O)c(O)c1. The third-order valence-electron chi connectivity index (χ3n) is 3.37. The average molecular weight is 358 g/mol. The Morgan fingerprint density at radius 2 is 1.58 bits per heavy atom. The number of hydrogen-bond acceptors (Lipinski definition) is 7. The van der Waals surface area contributed by atoms with Crippen molar-refractivity contribution in [2.75, 3.05) is 13.2 Å². The van der Waals surface area contributed by atoms with Crippen LogP contribution in [-0.2, 0) is 9.53 Å². The van der Waals surface area contributed by atoms with Crippen LogP contribution in [0.25, 0.3) is 0 Å². The van der Waals surface area contributed by atoms with E-state index in [1.165, 1.54) is 37.3 Å². The van der Waals surface area contributed by atoms with E-state index in [2.05, 4.69) is 6.58 Å². The van der Waals surface area contributed by atoms with Gasteiger partial charge in [-0.15, -0.1) is 0 Å². The number of ketones is 1. The lowest BCUT2D eigenvalue weighted by Crippen LogP contribution is -2.12. The summed E-state index contributed by atoms with van der Waals surface area (Å²) in [5, 5.41) is 29.1. The van der Waals surface area contributed by atoms with Gasteiger partial charge in [-0.1, -0.05) is 6.58 Å². The molecule has 7 nitrogen and oxygen atoms in total. The molecule has 2 aromatic rings. The average Bonchev–Trinajstić information content (AvgIpc) is 2.58. The number of esters is 1. The second-order valence-corrected chi connectivity index (χ2v) is 5.47. The van der Waals surface area contributed by atoms with E-state index in [9.17, 15) is 24.9 Å². The lowest BCUT2D eigenvalue weighted by Gasteiger charge is -2.10. The van der Waals surface area contributed by atoms with Crippen LogP contribution in [0.1, 0.15) is 22.8 Å². The van der Waals surface area contributed by atoms with E-state index in [1.54, 1.807) is 0 Å². The smallest absolute Gasteiger partial charge is 0.333 e. The van der Waals surface area contributed by atoms with E-state index in [-0.39, 0.29) is 47.2 Å². The highest BCUT2D eigenvalue weighted by Crippen LogP contribution is 2.30. The van der Waals surface area contributed by atoms with E-state index >= 15 is 0 Å². The molecule has 0 saturated carbocycles. The molecule has 0 spiro atoms. The molecule has 0 aliphatic heterocycles. The highest BCUT2D eigenvalue weighted by molar-refractivity contribution is 6.12. The Bertz CT molecular complexity index is 855. The molecular formula is C19H18O7. The van der Waals surface area contributed by atoms with Gasteiger partial charge in [0.15, 0.2) is 5.78 Å². The third-order valence-corrected chi connectivity index (χ3v) is 3.37. The summed E-state index contributed by atoms with van der Waals surface area (Å²) in [4.78, 5) is 23.6. The number of rotatable bonds is 7. The Morgan fingerprint density at radius 3 is 2.15 bits per heavy atom. The van der Waals surface area contributed by atoms with Crippen LogP contribution in [0.3, 0.4) is 0 Å². The lowest BCUT2D eigenvalue weighted by atomic mass is 10.0. The van der Waals surface area contributed by atoms with E-state index in [1.807, 2.05) is 0 Å². The predicted octanol–water partition coefficient (Wildman–Crippen LogP) is 2.53. The van der Waals surface area contributed by atoms with Crippen LogP contribution in [-0.4, -0.2) is 40.3 Å². The fourth-order valence-electron chi connectivity index (χ4n) is 2.07. The summed E-state index contributed by atoms with van der Waals surface area (Å²) in [6, 6.07) is 7.60. The normalized spacial score (nSPS) is 10.2. The van der Waals surface area contributed by atoms with Gasteiger partial charge in [-0.05, 0) is 31.2 Å². The third kappa shape index (κ3) is 4.54. The predicted molar refractivity (Wildman–Crippen MR) is 92.6 cm³/mol. The van der Waals surface area contributed by atoms with Gasteiger partial charge in [-0.2, -0.15) is 0 Å². The number of phenolic OH excluding ortho intramolecular Hbond substituents is 3. The molecular weight excluding hydrogens is 340 g/mol. The second kappa shape index (κ2) is 8.06. The zero-order valence-corrected chi connectivity index (χ0v) is 14.1. The molecule has 0 aliphatic carbocycles. The molecule has 0 saturated heterocycles. The summed E-state index contributed by atoms with van der Waals surface area (Å²) in [7, 11) is 0. The molecule has 0 fully saturated rings. The molecule has 0 aliphatic rings. The maximum absolute atomic E-state index is 12.4. The largest absolute Gasteiger partial charge is 0.508 e. The zero-order chi connectivity index (χ0) is 19.3. The van der Waals surface area contributed by atoms with Gasteiger partial charge in [0.2, 0.25) is 0 Å². The Morgan fingerprint density at radius 1 is 0.962 bits per heavy atom. The molecule has 0 bridgehead atoms. The molecule has 0 heterocycles. The summed E-state index contributed by atoms with van der Waals surface area (Å²) < 4.78 is 10.2. The van der Waals surface area contributed by atoms with Gasteiger partial charge in [-0.3, -0.25) is 4.79 Å². The molecule has 0 aromatic heterocycles. The van der Waals surface area contributed by atoms with E-state index in [4.69, 9.17) is 9.47 Å². The van der Waals surface area contributed by atoms with Gasteiger partial charge in [0.1, 0.15) is 36.2 Å². The Kier molecular flexibility index (Phi) is 5.85.